The fraction of sp³-hybridized carbons (Fsp3) is 0.333. The molecule has 0 spiro atoms. The van der Waals surface area contributed by atoms with Crippen molar-refractivity contribution in [2.45, 2.75) is 33.1 Å². The number of aromatic nitrogens is 2. The van der Waals surface area contributed by atoms with E-state index in [-0.39, 0.29) is 35.1 Å². The van der Waals surface area contributed by atoms with Gasteiger partial charge in [-0.05, 0) is 37.6 Å². The van der Waals surface area contributed by atoms with E-state index in [1.165, 1.54) is 30.1 Å². The summed E-state index contributed by atoms with van der Waals surface area (Å²) in [6.45, 7) is 5.17. The van der Waals surface area contributed by atoms with Crippen molar-refractivity contribution in [1.82, 2.24) is 9.66 Å². The zero-order chi connectivity index (χ0) is 26.4. The van der Waals surface area contributed by atoms with Gasteiger partial charge < -0.3 is 14.2 Å². The van der Waals surface area contributed by atoms with E-state index in [2.05, 4.69) is 26.0 Å². The Morgan fingerprint density at radius 1 is 1.31 bits per heavy atom. The number of nitro groups is 1. The molecular weight excluding hydrogens is 536 g/mol. The van der Waals surface area contributed by atoms with Crippen molar-refractivity contribution < 1.29 is 23.9 Å². The van der Waals surface area contributed by atoms with Gasteiger partial charge in [0.25, 0.3) is 5.56 Å². The van der Waals surface area contributed by atoms with E-state index in [0.29, 0.717) is 16.7 Å². The van der Waals surface area contributed by atoms with Crippen LogP contribution >= 0.6 is 15.9 Å². The Morgan fingerprint density at radius 2 is 2.06 bits per heavy atom. The van der Waals surface area contributed by atoms with Crippen molar-refractivity contribution in [3.63, 3.8) is 0 Å². The molecule has 1 aromatic heterocycles. The van der Waals surface area contributed by atoms with Gasteiger partial charge in [0.1, 0.15) is 5.82 Å². The van der Waals surface area contributed by atoms with Crippen LogP contribution in [0.2, 0.25) is 0 Å². The van der Waals surface area contributed by atoms with E-state index >= 15 is 0 Å². The minimum atomic E-state index is -0.674. The van der Waals surface area contributed by atoms with Gasteiger partial charge in [-0.15, -0.1) is 0 Å². The van der Waals surface area contributed by atoms with Gasteiger partial charge in [-0.2, -0.15) is 9.78 Å². The monoisotopic (exact) mass is 560 g/mol. The first-order chi connectivity index (χ1) is 17.2. The molecule has 0 aliphatic rings. The average Bonchev–Trinajstić information content (AvgIpc) is 2.86. The van der Waals surface area contributed by atoms with Crippen LogP contribution in [0.15, 0.2) is 44.7 Å². The maximum absolute atomic E-state index is 13.3. The minimum absolute atomic E-state index is 0.0185. The number of halogens is 1. The van der Waals surface area contributed by atoms with E-state index in [4.69, 9.17) is 14.2 Å². The third-order valence-corrected chi connectivity index (χ3v) is 5.82. The summed E-state index contributed by atoms with van der Waals surface area (Å²) in [6, 6.07) is 7.89. The van der Waals surface area contributed by atoms with Crippen molar-refractivity contribution >= 4 is 44.7 Å². The molecule has 12 heteroatoms. The van der Waals surface area contributed by atoms with Gasteiger partial charge in [-0.1, -0.05) is 29.8 Å². The van der Waals surface area contributed by atoms with Crippen LogP contribution in [-0.4, -0.2) is 47.1 Å². The number of fused-ring (bicyclic) bond motifs is 1. The van der Waals surface area contributed by atoms with Gasteiger partial charge in [-0.25, -0.2) is 9.78 Å². The van der Waals surface area contributed by atoms with Gasteiger partial charge in [0, 0.05) is 22.0 Å². The predicted molar refractivity (Wildman–Crippen MR) is 137 cm³/mol. The number of esters is 1. The summed E-state index contributed by atoms with van der Waals surface area (Å²) in [6.07, 6.45) is 2.03. The SMILES string of the molecule is CCOC(=O)COc1c(OC)cc(C=Nn2c([C@@H](C)CC)nc3ccc(Br)cc3c2=O)cc1[N+](=O)[O-]. The smallest absolute Gasteiger partial charge is 0.344 e. The third-order valence-electron chi connectivity index (χ3n) is 5.32. The molecule has 0 saturated carbocycles. The lowest BCUT2D eigenvalue weighted by atomic mass is 10.1. The zero-order valence-corrected chi connectivity index (χ0v) is 21.8. The standard InChI is InChI=1S/C24H25BrN4O7/c1-5-14(3)23-27-18-8-7-16(25)11-17(18)24(31)28(23)26-12-15-9-19(29(32)33)22(20(10-15)34-4)36-13-21(30)35-6-2/h7-12,14H,5-6,13H2,1-4H3/t14-/m0/s1. The lowest BCUT2D eigenvalue weighted by Gasteiger charge is -2.14. The van der Waals surface area contributed by atoms with Crippen LogP contribution in [0.1, 0.15) is 44.5 Å². The lowest BCUT2D eigenvalue weighted by molar-refractivity contribution is -0.385. The molecule has 0 N–H and O–H groups in total. The van der Waals surface area contributed by atoms with Crippen LogP contribution in [0.4, 0.5) is 5.69 Å². The van der Waals surface area contributed by atoms with E-state index < -0.39 is 23.2 Å². The molecule has 0 radical (unpaired) electrons. The van der Waals surface area contributed by atoms with Gasteiger partial charge in [0.05, 0.1) is 35.8 Å². The Labute approximate surface area is 215 Å². The molecule has 0 amide bonds. The van der Waals surface area contributed by atoms with Crippen molar-refractivity contribution in [2.24, 2.45) is 5.10 Å². The Morgan fingerprint density at radius 3 is 2.69 bits per heavy atom. The quantitative estimate of drug-likeness (QED) is 0.154. The fourth-order valence-electron chi connectivity index (χ4n) is 3.35. The van der Waals surface area contributed by atoms with Gasteiger partial charge in [-0.3, -0.25) is 14.9 Å². The molecule has 3 aromatic rings. The third kappa shape index (κ3) is 5.88. The fourth-order valence-corrected chi connectivity index (χ4v) is 3.71. The predicted octanol–water partition coefficient (Wildman–Crippen LogP) is 4.41. The second kappa shape index (κ2) is 11.8. The molecule has 11 nitrogen and oxygen atoms in total. The van der Waals surface area contributed by atoms with Crippen molar-refractivity contribution in [3.05, 3.63) is 66.7 Å². The second-order valence-corrected chi connectivity index (χ2v) is 8.64. The molecule has 1 atom stereocenters. The van der Waals surface area contributed by atoms with Crippen molar-refractivity contribution in [2.75, 3.05) is 20.3 Å². The highest BCUT2D eigenvalue weighted by Crippen LogP contribution is 2.38. The molecule has 1 heterocycles. The molecule has 0 saturated heterocycles. The molecule has 0 fully saturated rings. The van der Waals surface area contributed by atoms with Gasteiger partial charge in [0.2, 0.25) is 5.75 Å². The van der Waals surface area contributed by atoms with E-state index in [1.54, 1.807) is 25.1 Å². The van der Waals surface area contributed by atoms with Crippen LogP contribution < -0.4 is 15.0 Å². The number of nitrogens with zero attached hydrogens (tertiary/aromatic N) is 4. The molecule has 36 heavy (non-hydrogen) atoms. The molecule has 190 valence electrons. The normalized spacial score (nSPS) is 12.0. The first-order valence-electron chi connectivity index (χ1n) is 11.1. The largest absolute Gasteiger partial charge is 0.493 e. The summed E-state index contributed by atoms with van der Waals surface area (Å²) in [5.41, 5.74) is 0.0163. The summed E-state index contributed by atoms with van der Waals surface area (Å²) in [4.78, 5) is 40.7. The summed E-state index contributed by atoms with van der Waals surface area (Å²) < 4.78 is 17.3. The number of nitro benzene ring substituents is 1. The molecule has 3 rings (SSSR count). The number of rotatable bonds is 10. The van der Waals surface area contributed by atoms with Gasteiger partial charge >= 0.3 is 11.7 Å². The second-order valence-electron chi connectivity index (χ2n) is 7.72. The Kier molecular flexibility index (Phi) is 8.75. The number of ether oxygens (including phenoxy) is 3. The van der Waals surface area contributed by atoms with E-state index in [9.17, 15) is 19.7 Å². The highest BCUT2D eigenvalue weighted by molar-refractivity contribution is 9.10. The van der Waals surface area contributed by atoms with Crippen LogP contribution in [0.25, 0.3) is 10.9 Å². The number of methoxy groups -OCH3 is 1. The number of carbonyl (C=O) groups is 1. The average molecular weight is 561 g/mol. The number of carbonyl (C=O) groups excluding carboxylic acids is 1. The Balaban J connectivity index is 2.10. The minimum Gasteiger partial charge on any atom is -0.493 e. The van der Waals surface area contributed by atoms with E-state index in [1.807, 2.05) is 13.8 Å². The summed E-state index contributed by atoms with van der Waals surface area (Å²) in [7, 11) is 1.31. The molecule has 0 aliphatic carbocycles. The number of hydrogen-bond acceptors (Lipinski definition) is 9. The zero-order valence-electron chi connectivity index (χ0n) is 20.2. The highest BCUT2D eigenvalue weighted by atomic mass is 79.9. The Hall–Kier alpha value is -3.80. The van der Waals surface area contributed by atoms with Crippen molar-refractivity contribution in [3.8, 4) is 11.5 Å². The Bertz CT molecular complexity index is 1390. The molecule has 0 bridgehead atoms. The summed E-state index contributed by atoms with van der Waals surface area (Å²) in [5, 5.41) is 16.5. The van der Waals surface area contributed by atoms with E-state index in [0.717, 1.165) is 10.9 Å². The topological polar surface area (TPSA) is 135 Å². The first-order valence-corrected chi connectivity index (χ1v) is 11.9. The molecule has 2 aromatic carbocycles. The molecular formula is C24H25BrN4O7. The van der Waals surface area contributed by atoms with Gasteiger partial charge in [0.15, 0.2) is 12.4 Å². The number of benzene rings is 2. The lowest BCUT2D eigenvalue weighted by Crippen LogP contribution is -2.23. The maximum Gasteiger partial charge on any atom is 0.344 e. The van der Waals surface area contributed by atoms with Crippen molar-refractivity contribution in [1.29, 1.82) is 0 Å². The van der Waals surface area contributed by atoms with Crippen LogP contribution in [0.3, 0.4) is 0 Å². The van der Waals surface area contributed by atoms with Crippen LogP contribution in [-0.2, 0) is 9.53 Å². The maximum atomic E-state index is 13.3. The highest BCUT2D eigenvalue weighted by Gasteiger charge is 2.23. The van der Waals surface area contributed by atoms with Crippen LogP contribution in [0, 0.1) is 10.1 Å². The van der Waals surface area contributed by atoms with Crippen LogP contribution in [0.5, 0.6) is 11.5 Å². The summed E-state index contributed by atoms with van der Waals surface area (Å²) >= 11 is 3.37. The number of hydrogen-bond donors (Lipinski definition) is 0. The molecule has 0 unspecified atom stereocenters. The molecule has 0 aliphatic heterocycles. The summed E-state index contributed by atoms with van der Waals surface area (Å²) in [5.74, 6) is -0.492. The first kappa shape index (κ1) is 26.8.